The standard InChI is InChI=1S/C21H22ClN3O2S/c22-17-7-5-6-16(14-17)19(26)24-21(28)23-18-10-8-15(9-11-18)20(27)25-12-3-1-2-4-13-25/h5-11,14H,1-4,12-13H2,(H2,23,24,26,28). The molecular formula is C21H22ClN3O2S. The van der Waals surface area contributed by atoms with Gasteiger partial charge < -0.3 is 10.2 Å². The van der Waals surface area contributed by atoms with E-state index in [2.05, 4.69) is 10.6 Å². The second-order valence-corrected chi connectivity index (χ2v) is 7.55. The van der Waals surface area contributed by atoms with Crippen molar-refractivity contribution in [2.24, 2.45) is 0 Å². The summed E-state index contributed by atoms with van der Waals surface area (Å²) in [5.74, 6) is -0.279. The first kappa shape index (κ1) is 20.3. The summed E-state index contributed by atoms with van der Waals surface area (Å²) in [5.41, 5.74) is 1.78. The molecule has 2 aromatic rings. The van der Waals surface area contributed by atoms with Crippen molar-refractivity contribution in [3.05, 3.63) is 64.7 Å². The Balaban J connectivity index is 1.56. The Bertz CT molecular complexity index is 862. The number of thiocarbonyl (C=S) groups is 1. The number of hydrogen-bond donors (Lipinski definition) is 2. The lowest BCUT2D eigenvalue weighted by Crippen LogP contribution is -2.34. The Kier molecular flexibility index (Phi) is 7.01. The van der Waals surface area contributed by atoms with E-state index >= 15 is 0 Å². The highest BCUT2D eigenvalue weighted by Gasteiger charge is 2.17. The van der Waals surface area contributed by atoms with Crippen LogP contribution in [-0.4, -0.2) is 34.9 Å². The third-order valence-electron chi connectivity index (χ3n) is 4.60. The second kappa shape index (κ2) is 9.66. The number of nitrogens with one attached hydrogen (secondary N) is 2. The van der Waals surface area contributed by atoms with Gasteiger partial charge in [0.15, 0.2) is 5.11 Å². The van der Waals surface area contributed by atoms with Crippen molar-refractivity contribution in [3.8, 4) is 0 Å². The lowest BCUT2D eigenvalue weighted by Gasteiger charge is -2.20. The number of likely N-dealkylation sites (tertiary alicyclic amines) is 1. The van der Waals surface area contributed by atoms with Crippen LogP contribution in [0.5, 0.6) is 0 Å². The quantitative estimate of drug-likeness (QED) is 0.725. The number of halogens is 1. The molecule has 5 nitrogen and oxygen atoms in total. The van der Waals surface area contributed by atoms with Crippen molar-refractivity contribution in [2.45, 2.75) is 25.7 Å². The number of anilines is 1. The van der Waals surface area contributed by atoms with Crippen molar-refractivity contribution in [2.75, 3.05) is 18.4 Å². The lowest BCUT2D eigenvalue weighted by atomic mass is 10.1. The molecule has 1 aliphatic rings. The average molecular weight is 416 g/mol. The monoisotopic (exact) mass is 415 g/mol. The maximum absolute atomic E-state index is 12.6. The van der Waals surface area contributed by atoms with E-state index in [1.165, 1.54) is 12.8 Å². The van der Waals surface area contributed by atoms with Gasteiger partial charge in [-0.1, -0.05) is 30.5 Å². The number of nitrogens with zero attached hydrogens (tertiary/aromatic N) is 1. The first-order valence-corrected chi connectivity index (χ1v) is 10.1. The van der Waals surface area contributed by atoms with Crippen molar-refractivity contribution < 1.29 is 9.59 Å². The van der Waals surface area contributed by atoms with Crippen LogP contribution in [0, 0.1) is 0 Å². The molecule has 1 saturated heterocycles. The molecule has 2 amide bonds. The van der Waals surface area contributed by atoms with E-state index in [4.69, 9.17) is 23.8 Å². The summed E-state index contributed by atoms with van der Waals surface area (Å²) in [6, 6.07) is 13.7. The van der Waals surface area contributed by atoms with E-state index in [0.717, 1.165) is 25.9 Å². The zero-order valence-corrected chi connectivity index (χ0v) is 17.0. The lowest BCUT2D eigenvalue weighted by molar-refractivity contribution is 0.0761. The summed E-state index contributed by atoms with van der Waals surface area (Å²) >= 11 is 11.1. The molecule has 1 aliphatic heterocycles. The van der Waals surface area contributed by atoms with E-state index in [0.29, 0.717) is 21.8 Å². The van der Waals surface area contributed by atoms with Crippen molar-refractivity contribution in [1.29, 1.82) is 0 Å². The zero-order valence-electron chi connectivity index (χ0n) is 15.4. The highest BCUT2D eigenvalue weighted by molar-refractivity contribution is 7.80. The Morgan fingerprint density at radius 2 is 1.61 bits per heavy atom. The van der Waals surface area contributed by atoms with Gasteiger partial charge in [0, 0.05) is 34.9 Å². The number of carbonyl (C=O) groups excluding carboxylic acids is 2. The van der Waals surface area contributed by atoms with E-state index in [1.807, 2.05) is 4.90 Å². The molecule has 0 bridgehead atoms. The molecule has 0 unspecified atom stereocenters. The third kappa shape index (κ3) is 5.53. The molecule has 0 radical (unpaired) electrons. The van der Waals surface area contributed by atoms with Gasteiger partial charge >= 0.3 is 0 Å². The predicted octanol–water partition coefficient (Wildman–Crippen LogP) is 4.48. The number of hydrogen-bond acceptors (Lipinski definition) is 3. The second-order valence-electron chi connectivity index (χ2n) is 6.70. The summed E-state index contributed by atoms with van der Waals surface area (Å²) in [7, 11) is 0. The van der Waals surface area contributed by atoms with Crippen LogP contribution in [0.1, 0.15) is 46.4 Å². The number of carbonyl (C=O) groups is 2. The SMILES string of the molecule is O=C(NC(=S)Nc1ccc(C(=O)N2CCCCCC2)cc1)c1cccc(Cl)c1. The molecule has 1 fully saturated rings. The largest absolute Gasteiger partial charge is 0.339 e. The maximum atomic E-state index is 12.6. The Morgan fingerprint density at radius 1 is 0.929 bits per heavy atom. The smallest absolute Gasteiger partial charge is 0.257 e. The molecule has 3 rings (SSSR count). The molecule has 7 heteroatoms. The zero-order chi connectivity index (χ0) is 19.9. The van der Waals surface area contributed by atoms with E-state index in [1.54, 1.807) is 48.5 Å². The van der Waals surface area contributed by atoms with Crippen LogP contribution < -0.4 is 10.6 Å². The fourth-order valence-electron chi connectivity index (χ4n) is 3.12. The Labute approximate surface area is 175 Å². The summed E-state index contributed by atoms with van der Waals surface area (Å²) in [6.45, 7) is 1.64. The fourth-order valence-corrected chi connectivity index (χ4v) is 3.52. The van der Waals surface area contributed by atoms with E-state index < -0.39 is 0 Å². The number of amides is 2. The minimum Gasteiger partial charge on any atom is -0.339 e. The normalized spacial score (nSPS) is 14.1. The van der Waals surface area contributed by atoms with Crippen LogP contribution in [0.3, 0.4) is 0 Å². The van der Waals surface area contributed by atoms with Crippen LogP contribution in [0.4, 0.5) is 5.69 Å². The first-order chi connectivity index (χ1) is 13.5. The van der Waals surface area contributed by atoms with Gasteiger partial charge in [0.2, 0.25) is 0 Å². The summed E-state index contributed by atoms with van der Waals surface area (Å²) in [6.07, 6.45) is 4.49. The average Bonchev–Trinajstić information content (AvgIpc) is 2.97. The molecule has 1 heterocycles. The topological polar surface area (TPSA) is 61.4 Å². The maximum Gasteiger partial charge on any atom is 0.257 e. The molecule has 2 N–H and O–H groups in total. The molecule has 146 valence electrons. The number of rotatable bonds is 3. The molecule has 0 saturated carbocycles. The van der Waals surface area contributed by atoms with Crippen LogP contribution in [0.2, 0.25) is 5.02 Å². The van der Waals surface area contributed by atoms with Crippen molar-refractivity contribution >= 4 is 46.4 Å². The van der Waals surface area contributed by atoms with Crippen LogP contribution in [-0.2, 0) is 0 Å². The Morgan fingerprint density at radius 3 is 2.25 bits per heavy atom. The summed E-state index contributed by atoms with van der Waals surface area (Å²) in [4.78, 5) is 26.7. The molecule has 0 aromatic heterocycles. The van der Waals surface area contributed by atoms with Crippen LogP contribution >= 0.6 is 23.8 Å². The van der Waals surface area contributed by atoms with Gasteiger partial charge in [-0.15, -0.1) is 0 Å². The van der Waals surface area contributed by atoms with Gasteiger partial charge in [-0.05, 0) is 67.5 Å². The minimum atomic E-state index is -0.340. The Hall–Kier alpha value is -2.44. The minimum absolute atomic E-state index is 0.0604. The fraction of sp³-hybridized carbons (Fsp3) is 0.286. The third-order valence-corrected chi connectivity index (χ3v) is 5.04. The molecule has 0 spiro atoms. The number of benzene rings is 2. The van der Waals surface area contributed by atoms with E-state index in [9.17, 15) is 9.59 Å². The summed E-state index contributed by atoms with van der Waals surface area (Å²) < 4.78 is 0. The summed E-state index contributed by atoms with van der Waals surface area (Å²) in [5, 5.41) is 6.23. The molecule has 0 aliphatic carbocycles. The van der Waals surface area contributed by atoms with Gasteiger partial charge in [0.1, 0.15) is 0 Å². The van der Waals surface area contributed by atoms with E-state index in [-0.39, 0.29) is 16.9 Å². The van der Waals surface area contributed by atoms with Crippen molar-refractivity contribution in [1.82, 2.24) is 10.2 Å². The molecule has 2 aromatic carbocycles. The van der Waals surface area contributed by atoms with Gasteiger partial charge in [-0.3, -0.25) is 14.9 Å². The molecular weight excluding hydrogens is 394 g/mol. The highest BCUT2D eigenvalue weighted by atomic mass is 35.5. The van der Waals surface area contributed by atoms with Crippen LogP contribution in [0.25, 0.3) is 0 Å². The first-order valence-electron chi connectivity index (χ1n) is 9.30. The molecule has 28 heavy (non-hydrogen) atoms. The van der Waals surface area contributed by atoms with Gasteiger partial charge in [0.25, 0.3) is 11.8 Å². The van der Waals surface area contributed by atoms with Gasteiger partial charge in [0.05, 0.1) is 0 Å². The predicted molar refractivity (Wildman–Crippen MR) is 116 cm³/mol. The van der Waals surface area contributed by atoms with Crippen LogP contribution in [0.15, 0.2) is 48.5 Å². The van der Waals surface area contributed by atoms with Gasteiger partial charge in [-0.2, -0.15) is 0 Å². The highest BCUT2D eigenvalue weighted by Crippen LogP contribution is 2.16. The van der Waals surface area contributed by atoms with Crippen molar-refractivity contribution in [3.63, 3.8) is 0 Å². The van der Waals surface area contributed by atoms with Gasteiger partial charge in [-0.25, -0.2) is 0 Å². The molecule has 0 atom stereocenters.